The van der Waals surface area contributed by atoms with Gasteiger partial charge in [0.25, 0.3) is 5.69 Å². The van der Waals surface area contributed by atoms with Crippen LogP contribution in [0.2, 0.25) is 0 Å². The van der Waals surface area contributed by atoms with Crippen molar-refractivity contribution >= 4 is 11.5 Å². The predicted molar refractivity (Wildman–Crippen MR) is 74.1 cm³/mol. The van der Waals surface area contributed by atoms with Crippen molar-refractivity contribution in [2.24, 2.45) is 0 Å². The monoisotopic (exact) mass is 275 g/mol. The van der Waals surface area contributed by atoms with Crippen LogP contribution in [0.15, 0.2) is 36.5 Å². The zero-order valence-electron chi connectivity index (χ0n) is 11.2. The summed E-state index contributed by atoms with van der Waals surface area (Å²) in [5.74, 6) is 0.351. The highest BCUT2D eigenvalue weighted by molar-refractivity contribution is 5.43. The first-order valence-electron chi connectivity index (χ1n) is 6.04. The number of rotatable bonds is 4. The van der Waals surface area contributed by atoms with E-state index in [1.165, 1.54) is 18.3 Å². The second kappa shape index (κ2) is 5.64. The van der Waals surface area contributed by atoms with Gasteiger partial charge in [-0.1, -0.05) is 12.1 Å². The molecule has 0 unspecified atom stereocenters. The number of aromatic nitrogens is 1. The molecule has 5 nitrogen and oxygen atoms in total. The van der Waals surface area contributed by atoms with E-state index in [-0.39, 0.29) is 11.5 Å². The normalized spacial score (nSPS) is 10.3. The summed E-state index contributed by atoms with van der Waals surface area (Å²) in [6.07, 6.45) is 1.21. The van der Waals surface area contributed by atoms with Crippen molar-refractivity contribution in [2.75, 3.05) is 11.9 Å². The highest BCUT2D eigenvalue weighted by Gasteiger charge is 2.09. The van der Waals surface area contributed by atoms with Gasteiger partial charge in [-0.2, -0.15) is 0 Å². The Kier molecular flexibility index (Phi) is 3.93. The second-order valence-corrected chi connectivity index (χ2v) is 4.57. The average Bonchev–Trinajstić information content (AvgIpc) is 2.43. The predicted octanol–water partition coefficient (Wildman–Crippen LogP) is 3.07. The van der Waals surface area contributed by atoms with Crippen molar-refractivity contribution in [3.8, 4) is 0 Å². The number of nitrogens with zero attached hydrogens (tertiary/aromatic N) is 3. The minimum atomic E-state index is -0.494. The molecule has 2 aromatic rings. The van der Waals surface area contributed by atoms with E-state index in [1.807, 2.05) is 6.07 Å². The molecule has 0 fully saturated rings. The van der Waals surface area contributed by atoms with Gasteiger partial charge in [-0.3, -0.25) is 10.1 Å². The van der Waals surface area contributed by atoms with Gasteiger partial charge in [-0.15, -0.1) is 0 Å². The second-order valence-electron chi connectivity index (χ2n) is 4.57. The summed E-state index contributed by atoms with van der Waals surface area (Å²) >= 11 is 0. The largest absolute Gasteiger partial charge is 0.355 e. The average molecular weight is 275 g/mol. The number of hydrogen-bond donors (Lipinski definition) is 0. The van der Waals surface area contributed by atoms with Gasteiger partial charge in [-0.25, -0.2) is 9.37 Å². The maximum Gasteiger partial charge on any atom is 0.287 e. The molecule has 0 aliphatic carbocycles. The molecule has 1 heterocycles. The Balaban J connectivity index is 2.12. The molecule has 1 aromatic carbocycles. The van der Waals surface area contributed by atoms with Crippen LogP contribution in [0, 0.1) is 22.9 Å². The number of pyridine rings is 1. The molecule has 6 heteroatoms. The standard InChI is InChI=1S/C14H14FN3O2/c1-10-3-4-11(7-13(10)15)9-17(2)14-6-5-12(8-16-14)18(19)20/h3-8H,9H2,1-2H3. The number of hydrogen-bond acceptors (Lipinski definition) is 4. The molecule has 0 spiro atoms. The van der Waals surface area contributed by atoms with Gasteiger partial charge in [0.15, 0.2) is 0 Å². The molecule has 0 radical (unpaired) electrons. The summed E-state index contributed by atoms with van der Waals surface area (Å²) in [7, 11) is 1.80. The molecule has 0 aliphatic heterocycles. The fourth-order valence-corrected chi connectivity index (χ4v) is 1.80. The number of benzene rings is 1. The van der Waals surface area contributed by atoms with Crippen LogP contribution in [-0.4, -0.2) is 17.0 Å². The van der Waals surface area contributed by atoms with Crippen LogP contribution in [0.25, 0.3) is 0 Å². The Bertz CT molecular complexity index is 629. The van der Waals surface area contributed by atoms with E-state index in [2.05, 4.69) is 4.98 Å². The molecular weight excluding hydrogens is 261 g/mol. The Hall–Kier alpha value is -2.50. The molecule has 2 rings (SSSR count). The molecular formula is C14H14FN3O2. The molecule has 0 bridgehead atoms. The smallest absolute Gasteiger partial charge is 0.287 e. The van der Waals surface area contributed by atoms with E-state index in [4.69, 9.17) is 0 Å². The third kappa shape index (κ3) is 3.09. The fourth-order valence-electron chi connectivity index (χ4n) is 1.80. The van der Waals surface area contributed by atoms with Gasteiger partial charge in [0.2, 0.25) is 0 Å². The van der Waals surface area contributed by atoms with Gasteiger partial charge in [0.05, 0.1) is 4.92 Å². The van der Waals surface area contributed by atoms with Crippen LogP contribution >= 0.6 is 0 Å². The molecule has 20 heavy (non-hydrogen) atoms. The quantitative estimate of drug-likeness (QED) is 0.635. The third-order valence-electron chi connectivity index (χ3n) is 2.99. The molecule has 0 atom stereocenters. The lowest BCUT2D eigenvalue weighted by Crippen LogP contribution is -2.17. The number of halogens is 1. The molecule has 0 amide bonds. The van der Waals surface area contributed by atoms with E-state index >= 15 is 0 Å². The summed E-state index contributed by atoms with van der Waals surface area (Å²) in [5.41, 5.74) is 1.36. The summed E-state index contributed by atoms with van der Waals surface area (Å²) in [6, 6.07) is 8.02. The van der Waals surface area contributed by atoms with Crippen molar-refractivity contribution in [1.82, 2.24) is 4.98 Å². The Morgan fingerprint density at radius 3 is 2.65 bits per heavy atom. The lowest BCUT2D eigenvalue weighted by Gasteiger charge is -2.18. The van der Waals surface area contributed by atoms with Crippen molar-refractivity contribution in [2.45, 2.75) is 13.5 Å². The van der Waals surface area contributed by atoms with Crippen LogP contribution in [-0.2, 0) is 6.54 Å². The highest BCUT2D eigenvalue weighted by Crippen LogP contribution is 2.17. The van der Waals surface area contributed by atoms with Gasteiger partial charge >= 0.3 is 0 Å². The summed E-state index contributed by atoms with van der Waals surface area (Å²) in [6.45, 7) is 2.18. The van der Waals surface area contributed by atoms with Crippen molar-refractivity contribution in [3.63, 3.8) is 0 Å². The zero-order chi connectivity index (χ0) is 14.7. The summed E-state index contributed by atoms with van der Waals surface area (Å²) in [5, 5.41) is 10.6. The van der Waals surface area contributed by atoms with Gasteiger partial charge in [-0.05, 0) is 30.2 Å². The number of aryl methyl sites for hydroxylation is 1. The Morgan fingerprint density at radius 1 is 1.35 bits per heavy atom. The van der Waals surface area contributed by atoms with Gasteiger partial charge < -0.3 is 4.90 Å². The molecule has 0 N–H and O–H groups in total. The van der Waals surface area contributed by atoms with E-state index in [0.717, 1.165) is 5.56 Å². The molecule has 0 saturated heterocycles. The number of nitro groups is 1. The molecule has 104 valence electrons. The first kappa shape index (κ1) is 13.9. The molecule has 1 aromatic heterocycles. The minimum absolute atomic E-state index is 0.0523. The first-order valence-corrected chi connectivity index (χ1v) is 6.04. The summed E-state index contributed by atoms with van der Waals surface area (Å²) in [4.78, 5) is 15.9. The maximum atomic E-state index is 13.5. The van der Waals surface area contributed by atoms with E-state index in [9.17, 15) is 14.5 Å². The molecule has 0 saturated carbocycles. The SMILES string of the molecule is Cc1ccc(CN(C)c2ccc([N+](=O)[O-])cn2)cc1F. The Morgan fingerprint density at radius 2 is 2.10 bits per heavy atom. The van der Waals surface area contributed by atoms with Crippen LogP contribution in [0.3, 0.4) is 0 Å². The van der Waals surface area contributed by atoms with E-state index < -0.39 is 4.92 Å². The fraction of sp³-hybridized carbons (Fsp3) is 0.214. The highest BCUT2D eigenvalue weighted by atomic mass is 19.1. The van der Waals surface area contributed by atoms with Crippen LogP contribution in [0.1, 0.15) is 11.1 Å². The van der Waals surface area contributed by atoms with Crippen LogP contribution in [0.5, 0.6) is 0 Å². The zero-order valence-corrected chi connectivity index (χ0v) is 11.2. The minimum Gasteiger partial charge on any atom is -0.355 e. The first-order chi connectivity index (χ1) is 9.47. The van der Waals surface area contributed by atoms with E-state index in [0.29, 0.717) is 17.9 Å². The topological polar surface area (TPSA) is 59.3 Å². The molecule has 0 aliphatic rings. The maximum absolute atomic E-state index is 13.5. The van der Waals surface area contributed by atoms with Crippen LogP contribution < -0.4 is 4.90 Å². The van der Waals surface area contributed by atoms with Gasteiger partial charge in [0, 0.05) is 19.7 Å². The Labute approximate surface area is 115 Å². The number of anilines is 1. The van der Waals surface area contributed by atoms with Gasteiger partial charge in [0.1, 0.15) is 17.8 Å². The van der Waals surface area contributed by atoms with Crippen LogP contribution in [0.4, 0.5) is 15.9 Å². The van der Waals surface area contributed by atoms with Crippen molar-refractivity contribution in [3.05, 3.63) is 63.6 Å². The lowest BCUT2D eigenvalue weighted by molar-refractivity contribution is -0.385. The third-order valence-corrected chi connectivity index (χ3v) is 2.99. The van der Waals surface area contributed by atoms with Crippen molar-refractivity contribution in [1.29, 1.82) is 0 Å². The van der Waals surface area contributed by atoms with E-state index in [1.54, 1.807) is 31.0 Å². The van der Waals surface area contributed by atoms with Crippen molar-refractivity contribution < 1.29 is 9.31 Å². The lowest BCUT2D eigenvalue weighted by atomic mass is 10.1. The summed E-state index contributed by atoms with van der Waals surface area (Å²) < 4.78 is 13.5.